The van der Waals surface area contributed by atoms with Crippen LogP contribution in [-0.4, -0.2) is 32.1 Å². The maximum absolute atomic E-state index is 7.73. The number of amidine groups is 1. The zero-order chi connectivity index (χ0) is 14.4. The quantitative estimate of drug-likeness (QED) is 0.587. The monoisotopic (exact) mass is 263 g/mol. The highest BCUT2D eigenvalue weighted by molar-refractivity contribution is 6.00. The maximum Gasteiger partial charge on any atom is 0.124 e. The molecule has 0 aliphatic carbocycles. The zero-order valence-corrected chi connectivity index (χ0v) is 12.4. The molecule has 0 amide bonds. The molecule has 0 aliphatic rings. The number of hydrogen-bond acceptors (Lipinski definition) is 3. The Kier molecular flexibility index (Phi) is 5.83. The first-order valence-electron chi connectivity index (χ1n) is 6.71. The Morgan fingerprint density at radius 1 is 1.47 bits per heavy atom. The molecule has 0 spiro atoms. The standard InChI is InChI=1S/C15H25N3O/c1-5-12(3)18(8-9-19-4)14-10-11(2)6-7-13(14)15(16)17/h6-7,10,12H,5,8-9H2,1-4H3,(H3,16,17). The van der Waals surface area contributed by atoms with Gasteiger partial charge in [0, 0.05) is 30.9 Å². The predicted octanol–water partition coefficient (Wildman–Crippen LogP) is 2.53. The molecule has 0 aliphatic heterocycles. The van der Waals surface area contributed by atoms with E-state index in [1.807, 2.05) is 12.1 Å². The Balaban J connectivity index is 3.19. The van der Waals surface area contributed by atoms with Crippen LogP contribution in [0.5, 0.6) is 0 Å². The molecule has 0 aromatic heterocycles. The van der Waals surface area contributed by atoms with E-state index in [9.17, 15) is 0 Å². The van der Waals surface area contributed by atoms with Gasteiger partial charge in [-0.15, -0.1) is 0 Å². The summed E-state index contributed by atoms with van der Waals surface area (Å²) < 4.78 is 5.19. The number of rotatable bonds is 7. The second-order valence-corrected chi connectivity index (χ2v) is 4.88. The molecule has 0 saturated carbocycles. The molecule has 4 heteroatoms. The van der Waals surface area contributed by atoms with Crippen LogP contribution in [0, 0.1) is 12.3 Å². The number of benzene rings is 1. The van der Waals surface area contributed by atoms with E-state index < -0.39 is 0 Å². The van der Waals surface area contributed by atoms with E-state index in [0.717, 1.165) is 24.2 Å². The second-order valence-electron chi connectivity index (χ2n) is 4.88. The lowest BCUT2D eigenvalue weighted by Gasteiger charge is -2.32. The lowest BCUT2D eigenvalue weighted by molar-refractivity contribution is 0.203. The summed E-state index contributed by atoms with van der Waals surface area (Å²) in [5.41, 5.74) is 8.69. The Morgan fingerprint density at radius 2 is 2.16 bits per heavy atom. The van der Waals surface area contributed by atoms with Crippen LogP contribution in [0.4, 0.5) is 5.69 Å². The summed E-state index contributed by atoms with van der Waals surface area (Å²) in [5, 5.41) is 7.73. The number of nitrogens with one attached hydrogen (secondary N) is 1. The molecule has 19 heavy (non-hydrogen) atoms. The lowest BCUT2D eigenvalue weighted by atomic mass is 10.1. The third-order valence-corrected chi connectivity index (χ3v) is 3.41. The number of ether oxygens (including phenoxy) is 1. The summed E-state index contributed by atoms with van der Waals surface area (Å²) in [5.74, 6) is 0.112. The van der Waals surface area contributed by atoms with Crippen molar-refractivity contribution in [2.75, 3.05) is 25.2 Å². The van der Waals surface area contributed by atoms with Crippen molar-refractivity contribution in [1.29, 1.82) is 5.41 Å². The summed E-state index contributed by atoms with van der Waals surface area (Å²) in [7, 11) is 1.71. The molecule has 1 atom stereocenters. The van der Waals surface area contributed by atoms with Gasteiger partial charge in [-0.25, -0.2) is 0 Å². The molecule has 1 aromatic rings. The van der Waals surface area contributed by atoms with Crippen LogP contribution < -0.4 is 10.6 Å². The van der Waals surface area contributed by atoms with Gasteiger partial charge in [0.2, 0.25) is 0 Å². The van der Waals surface area contributed by atoms with Crippen LogP contribution in [0.3, 0.4) is 0 Å². The molecule has 0 saturated heterocycles. The minimum absolute atomic E-state index is 0.112. The van der Waals surface area contributed by atoms with E-state index in [4.69, 9.17) is 15.9 Å². The van der Waals surface area contributed by atoms with Crippen molar-refractivity contribution in [2.45, 2.75) is 33.2 Å². The van der Waals surface area contributed by atoms with Crippen molar-refractivity contribution in [1.82, 2.24) is 0 Å². The first-order valence-corrected chi connectivity index (χ1v) is 6.71. The zero-order valence-electron chi connectivity index (χ0n) is 12.4. The van der Waals surface area contributed by atoms with E-state index in [0.29, 0.717) is 12.6 Å². The van der Waals surface area contributed by atoms with Crippen LogP contribution in [0.15, 0.2) is 18.2 Å². The van der Waals surface area contributed by atoms with Gasteiger partial charge in [-0.1, -0.05) is 13.0 Å². The van der Waals surface area contributed by atoms with E-state index in [1.165, 1.54) is 5.56 Å². The van der Waals surface area contributed by atoms with Crippen LogP contribution >= 0.6 is 0 Å². The smallest absolute Gasteiger partial charge is 0.124 e. The molecular formula is C15H25N3O. The summed E-state index contributed by atoms with van der Waals surface area (Å²) in [4.78, 5) is 2.27. The van der Waals surface area contributed by atoms with Crippen LogP contribution in [0.2, 0.25) is 0 Å². The predicted molar refractivity (Wildman–Crippen MR) is 81.2 cm³/mol. The fraction of sp³-hybridized carbons (Fsp3) is 0.533. The minimum atomic E-state index is 0.112. The summed E-state index contributed by atoms with van der Waals surface area (Å²) in [6, 6.07) is 6.40. The molecule has 1 aromatic carbocycles. The Bertz CT molecular complexity index is 431. The molecule has 0 bridgehead atoms. The van der Waals surface area contributed by atoms with Crippen molar-refractivity contribution in [3.63, 3.8) is 0 Å². The number of nitrogen functional groups attached to an aromatic ring is 1. The van der Waals surface area contributed by atoms with Crippen molar-refractivity contribution in [3.05, 3.63) is 29.3 Å². The number of nitrogens with zero attached hydrogens (tertiary/aromatic N) is 1. The van der Waals surface area contributed by atoms with Gasteiger partial charge in [0.15, 0.2) is 0 Å². The Labute approximate surface area is 116 Å². The van der Waals surface area contributed by atoms with Gasteiger partial charge >= 0.3 is 0 Å². The Morgan fingerprint density at radius 3 is 2.68 bits per heavy atom. The largest absolute Gasteiger partial charge is 0.384 e. The highest BCUT2D eigenvalue weighted by Crippen LogP contribution is 2.24. The highest BCUT2D eigenvalue weighted by atomic mass is 16.5. The second kappa shape index (κ2) is 7.14. The molecular weight excluding hydrogens is 238 g/mol. The van der Waals surface area contributed by atoms with Gasteiger partial charge in [0.05, 0.1) is 6.61 Å². The maximum atomic E-state index is 7.73. The molecule has 106 valence electrons. The molecule has 0 heterocycles. The third kappa shape index (κ3) is 3.96. The summed E-state index contributed by atoms with van der Waals surface area (Å²) >= 11 is 0. The minimum Gasteiger partial charge on any atom is -0.384 e. The average Bonchev–Trinajstić information content (AvgIpc) is 2.38. The van der Waals surface area contributed by atoms with Crippen LogP contribution in [-0.2, 0) is 4.74 Å². The highest BCUT2D eigenvalue weighted by Gasteiger charge is 2.17. The third-order valence-electron chi connectivity index (χ3n) is 3.41. The van der Waals surface area contributed by atoms with Gasteiger partial charge < -0.3 is 15.4 Å². The fourth-order valence-electron chi connectivity index (χ4n) is 2.10. The van der Waals surface area contributed by atoms with Crippen LogP contribution in [0.1, 0.15) is 31.4 Å². The number of nitrogens with two attached hydrogens (primary N) is 1. The van der Waals surface area contributed by atoms with Crippen molar-refractivity contribution >= 4 is 11.5 Å². The van der Waals surface area contributed by atoms with Crippen molar-refractivity contribution < 1.29 is 4.74 Å². The van der Waals surface area contributed by atoms with Crippen molar-refractivity contribution in [3.8, 4) is 0 Å². The van der Waals surface area contributed by atoms with Crippen molar-refractivity contribution in [2.24, 2.45) is 5.73 Å². The normalized spacial score (nSPS) is 12.2. The van der Waals surface area contributed by atoms with E-state index in [2.05, 4.69) is 31.7 Å². The number of hydrogen-bond donors (Lipinski definition) is 2. The number of anilines is 1. The van der Waals surface area contributed by atoms with E-state index in [-0.39, 0.29) is 5.84 Å². The first kappa shape index (κ1) is 15.5. The average molecular weight is 263 g/mol. The molecule has 0 radical (unpaired) electrons. The lowest BCUT2D eigenvalue weighted by Crippen LogP contribution is -2.37. The SMILES string of the molecule is CCC(C)N(CCOC)c1cc(C)ccc1C(=N)N. The fourth-order valence-corrected chi connectivity index (χ4v) is 2.10. The van der Waals surface area contributed by atoms with Gasteiger partial charge in [-0.3, -0.25) is 5.41 Å². The molecule has 3 N–H and O–H groups in total. The summed E-state index contributed by atoms with van der Waals surface area (Å²) in [6.07, 6.45) is 1.04. The van der Waals surface area contributed by atoms with E-state index >= 15 is 0 Å². The molecule has 4 nitrogen and oxygen atoms in total. The number of aryl methyl sites for hydroxylation is 1. The molecule has 1 unspecified atom stereocenters. The molecule has 0 fully saturated rings. The molecule has 1 rings (SSSR count). The Hall–Kier alpha value is -1.55. The van der Waals surface area contributed by atoms with Gasteiger partial charge in [-0.2, -0.15) is 0 Å². The van der Waals surface area contributed by atoms with Gasteiger partial charge in [-0.05, 0) is 38.0 Å². The summed E-state index contributed by atoms with van der Waals surface area (Å²) in [6.45, 7) is 7.86. The topological polar surface area (TPSA) is 62.3 Å². The van der Waals surface area contributed by atoms with Gasteiger partial charge in [0.1, 0.15) is 5.84 Å². The van der Waals surface area contributed by atoms with Crippen LogP contribution in [0.25, 0.3) is 0 Å². The van der Waals surface area contributed by atoms with E-state index in [1.54, 1.807) is 7.11 Å². The van der Waals surface area contributed by atoms with Gasteiger partial charge in [0.25, 0.3) is 0 Å². The first-order chi connectivity index (χ1) is 9.01. The number of methoxy groups -OCH3 is 1.